The number of nitrogens with one attached hydrogen (secondary N) is 1. The smallest absolute Gasteiger partial charge is 0.188 e. The number of aliphatic hydroxyl groups is 7. The minimum absolute atomic E-state index is 0.140. The van der Waals surface area contributed by atoms with Gasteiger partial charge in [0.1, 0.15) is 60.9 Å². The summed E-state index contributed by atoms with van der Waals surface area (Å²) < 4.78 is 22.9. The monoisotopic (exact) mass is 581 g/mol. The molecular weight excluding hydrogens is 542 g/mol. The molecular formula is C21H39N7O12. The Kier molecular flexibility index (Phi) is 10.2. The van der Waals surface area contributed by atoms with Gasteiger partial charge in [-0.3, -0.25) is 4.79 Å². The molecule has 2 aliphatic heterocycles. The van der Waals surface area contributed by atoms with Gasteiger partial charge in [-0.25, -0.2) is 9.98 Å². The summed E-state index contributed by atoms with van der Waals surface area (Å²) in [5.41, 5.74) is 19.4. The first-order valence-electron chi connectivity index (χ1n) is 12.4. The Labute approximate surface area is 228 Å². The summed E-state index contributed by atoms with van der Waals surface area (Å²) in [6.07, 6.45) is -17.3. The highest BCUT2D eigenvalue weighted by molar-refractivity contribution is 5.76. The Balaban J connectivity index is 1.96. The highest BCUT2D eigenvalue weighted by Crippen LogP contribution is 2.38. The zero-order chi connectivity index (χ0) is 30.1. The van der Waals surface area contributed by atoms with Gasteiger partial charge in [0.15, 0.2) is 36.4 Å². The first kappa shape index (κ1) is 32.2. The highest BCUT2D eigenvalue weighted by Gasteiger charge is 2.60. The fraction of sp³-hybridized carbons (Fsp3) is 0.857. The van der Waals surface area contributed by atoms with Crippen LogP contribution in [0, 0.1) is 0 Å². The molecule has 0 aromatic heterocycles. The number of hydrogen-bond acceptors (Lipinski definition) is 15. The van der Waals surface area contributed by atoms with Crippen molar-refractivity contribution in [2.24, 2.45) is 32.9 Å². The van der Waals surface area contributed by atoms with Crippen molar-refractivity contribution in [3.63, 3.8) is 0 Å². The summed E-state index contributed by atoms with van der Waals surface area (Å²) in [5.74, 6) is -1.03. The summed E-state index contributed by atoms with van der Waals surface area (Å²) in [4.78, 5) is 19.7. The second-order valence-corrected chi connectivity index (χ2v) is 9.89. The molecule has 2 heterocycles. The van der Waals surface area contributed by atoms with E-state index in [-0.39, 0.29) is 6.29 Å². The van der Waals surface area contributed by atoms with Gasteiger partial charge in [-0.2, -0.15) is 0 Å². The number of likely N-dealkylation sites (N-methyl/N-ethyl adjacent to an activating group) is 1. The molecule has 0 bridgehead atoms. The van der Waals surface area contributed by atoms with E-state index < -0.39 is 110 Å². The van der Waals surface area contributed by atoms with Crippen LogP contribution in [-0.4, -0.2) is 159 Å². The molecule has 3 fully saturated rings. The predicted molar refractivity (Wildman–Crippen MR) is 133 cm³/mol. The summed E-state index contributed by atoms with van der Waals surface area (Å²) in [6.45, 7) is 0.620. The average molecular weight is 582 g/mol. The quantitative estimate of drug-likeness (QED) is 0.0682. The number of carbonyl (C=O) groups excluding carboxylic acids is 1. The van der Waals surface area contributed by atoms with Crippen molar-refractivity contribution in [3.8, 4) is 0 Å². The van der Waals surface area contributed by atoms with Gasteiger partial charge in [0.2, 0.25) is 0 Å². The molecule has 230 valence electrons. The van der Waals surface area contributed by atoms with Crippen LogP contribution in [0.15, 0.2) is 9.98 Å². The van der Waals surface area contributed by atoms with Crippen LogP contribution in [0.3, 0.4) is 0 Å². The summed E-state index contributed by atoms with van der Waals surface area (Å²) in [5, 5.41) is 76.6. The molecule has 0 aromatic carbocycles. The number of nitrogens with two attached hydrogens (primary N) is 4. The number of aldehydes is 1. The van der Waals surface area contributed by atoms with Crippen LogP contribution < -0.4 is 28.3 Å². The number of ether oxygens (including phenoxy) is 4. The summed E-state index contributed by atoms with van der Waals surface area (Å²) in [6, 6.07) is -4.08. The number of hydrogen-bond donors (Lipinski definition) is 12. The maximum atomic E-state index is 12.1. The second-order valence-electron chi connectivity index (χ2n) is 9.89. The third-order valence-corrected chi connectivity index (χ3v) is 7.34. The van der Waals surface area contributed by atoms with Crippen molar-refractivity contribution in [2.45, 2.75) is 98.2 Å². The zero-order valence-corrected chi connectivity index (χ0v) is 21.7. The molecule has 1 aliphatic carbocycles. The van der Waals surface area contributed by atoms with Crippen molar-refractivity contribution in [2.75, 3.05) is 13.7 Å². The molecule has 19 heteroatoms. The molecule has 1 saturated carbocycles. The van der Waals surface area contributed by atoms with E-state index in [1.54, 1.807) is 0 Å². The lowest BCUT2D eigenvalue weighted by molar-refractivity contribution is -0.314. The fourth-order valence-electron chi connectivity index (χ4n) is 5.08. The van der Waals surface area contributed by atoms with Crippen LogP contribution in [0.5, 0.6) is 0 Å². The van der Waals surface area contributed by atoms with Crippen LogP contribution >= 0.6 is 0 Å². The van der Waals surface area contributed by atoms with Gasteiger partial charge in [-0.15, -0.1) is 0 Å². The molecule has 10 unspecified atom stereocenters. The van der Waals surface area contributed by atoms with E-state index in [0.717, 1.165) is 0 Å². The van der Waals surface area contributed by atoms with Gasteiger partial charge < -0.3 is 82.9 Å². The number of nitrogens with zero attached hydrogens (tertiary/aromatic N) is 2. The standard InChI is InChI=1S/C21H39N7O12/c1-5-21(36,4-30)16(40-17-9(26-2)13(34)10(31)6(3-29)38-17)18(37-5)39-15-8(28-20(24)25)11(32)7(27-19(22)23)12(33)14(15)35/h4-18,26,29,31-36H,3H2,1-2H3,(H4,22,23,27)(H4,24,25,28)/t5?,6-,7?,8?,9-,10-,11?,12?,13-,14?,15?,16?,17-,18?,21?/m1/s1. The Morgan fingerprint density at radius 3 is 2.02 bits per heavy atom. The minimum Gasteiger partial charge on any atom is -0.394 e. The Bertz CT molecular complexity index is 940. The first-order valence-corrected chi connectivity index (χ1v) is 12.4. The van der Waals surface area contributed by atoms with Gasteiger partial charge >= 0.3 is 0 Å². The van der Waals surface area contributed by atoms with Gasteiger partial charge in [-0.05, 0) is 14.0 Å². The number of aliphatic hydroxyl groups excluding tert-OH is 6. The second kappa shape index (κ2) is 12.7. The normalized spacial score (nSPS) is 47.4. The molecule has 3 rings (SSSR count). The lowest BCUT2D eigenvalue weighted by atomic mass is 9.81. The molecule has 0 radical (unpaired) electrons. The van der Waals surface area contributed by atoms with E-state index in [4.69, 9.17) is 41.9 Å². The highest BCUT2D eigenvalue weighted by atomic mass is 16.8. The SMILES string of the molecule is CN[C@H]1[C@@H](OC2C(OC3C(O)C(O)C(N=C(N)N)C(O)C3N=C(N)N)OC(C)C2(O)C=O)O[C@H](CO)[C@@H](O)[C@@H]1O. The molecule has 0 spiro atoms. The van der Waals surface area contributed by atoms with E-state index in [1.807, 2.05) is 0 Å². The molecule has 16 N–H and O–H groups in total. The van der Waals surface area contributed by atoms with E-state index >= 15 is 0 Å². The van der Waals surface area contributed by atoms with Crippen LogP contribution in [0.25, 0.3) is 0 Å². The predicted octanol–water partition coefficient (Wildman–Crippen LogP) is -8.16. The molecule has 19 nitrogen and oxygen atoms in total. The number of aliphatic imine (C=N–C) groups is 2. The molecule has 0 amide bonds. The molecule has 3 aliphatic rings. The van der Waals surface area contributed by atoms with Gasteiger partial charge in [0.25, 0.3) is 0 Å². The topological polar surface area (TPSA) is 336 Å². The van der Waals surface area contributed by atoms with E-state index in [0.29, 0.717) is 0 Å². The fourth-order valence-corrected chi connectivity index (χ4v) is 5.08. The van der Waals surface area contributed by atoms with Crippen LogP contribution in [0.1, 0.15) is 6.92 Å². The van der Waals surface area contributed by atoms with Crippen molar-refractivity contribution in [1.29, 1.82) is 0 Å². The molecule has 2 saturated heterocycles. The number of rotatable bonds is 9. The van der Waals surface area contributed by atoms with Crippen LogP contribution in [0.2, 0.25) is 0 Å². The minimum atomic E-state index is -2.38. The first-order chi connectivity index (χ1) is 18.7. The van der Waals surface area contributed by atoms with Crippen molar-refractivity contribution < 1.29 is 59.5 Å². The third kappa shape index (κ3) is 6.00. The van der Waals surface area contributed by atoms with Gasteiger partial charge in [0, 0.05) is 0 Å². The van der Waals surface area contributed by atoms with E-state index in [2.05, 4.69) is 15.3 Å². The Morgan fingerprint density at radius 2 is 1.50 bits per heavy atom. The number of carbonyl (C=O) groups is 1. The lowest BCUT2D eigenvalue weighted by Crippen LogP contribution is -2.66. The summed E-state index contributed by atoms with van der Waals surface area (Å²) >= 11 is 0. The van der Waals surface area contributed by atoms with Crippen molar-refractivity contribution in [3.05, 3.63) is 0 Å². The number of guanidine groups is 2. The summed E-state index contributed by atoms with van der Waals surface area (Å²) in [7, 11) is 1.42. The van der Waals surface area contributed by atoms with Crippen LogP contribution in [0.4, 0.5) is 0 Å². The van der Waals surface area contributed by atoms with E-state index in [9.17, 15) is 40.5 Å². The van der Waals surface area contributed by atoms with Crippen LogP contribution in [-0.2, 0) is 23.7 Å². The average Bonchev–Trinajstić information content (AvgIpc) is 3.13. The Hall–Kier alpha value is -2.27. The molecule has 40 heavy (non-hydrogen) atoms. The largest absolute Gasteiger partial charge is 0.394 e. The maximum Gasteiger partial charge on any atom is 0.188 e. The Morgan fingerprint density at radius 1 is 0.900 bits per heavy atom. The van der Waals surface area contributed by atoms with Crippen molar-refractivity contribution >= 4 is 18.2 Å². The zero-order valence-electron chi connectivity index (χ0n) is 21.7. The van der Waals surface area contributed by atoms with Gasteiger partial charge in [0.05, 0.1) is 18.8 Å². The van der Waals surface area contributed by atoms with Crippen molar-refractivity contribution in [1.82, 2.24) is 5.32 Å². The maximum absolute atomic E-state index is 12.1. The third-order valence-electron chi connectivity index (χ3n) is 7.34. The van der Waals surface area contributed by atoms with E-state index in [1.165, 1.54) is 14.0 Å². The lowest BCUT2D eigenvalue weighted by Gasteiger charge is -2.45. The van der Waals surface area contributed by atoms with Gasteiger partial charge in [-0.1, -0.05) is 0 Å². The molecule has 0 aromatic rings. The molecule has 15 atom stereocenters.